The van der Waals surface area contributed by atoms with Crippen LogP contribution in [0.25, 0.3) is 0 Å². The van der Waals surface area contributed by atoms with Crippen LogP contribution in [-0.4, -0.2) is 13.9 Å². The molecule has 0 saturated heterocycles. The number of ether oxygens (including phenoxy) is 2. The highest BCUT2D eigenvalue weighted by atomic mass is 19.3. The third kappa shape index (κ3) is 5.78. The normalized spacial score (nSPS) is 10.3. The summed E-state index contributed by atoms with van der Waals surface area (Å²) in [6, 6.07) is 0. The molecule has 0 N–H and O–H groups in total. The maximum Gasteiger partial charge on any atom is 0.450 e. The Morgan fingerprint density at radius 3 is 2.29 bits per heavy atom. The summed E-state index contributed by atoms with van der Waals surface area (Å²) in [6.07, 6.45) is 0. The van der Waals surface area contributed by atoms with Crippen LogP contribution in [0.3, 0.4) is 0 Å². The summed E-state index contributed by atoms with van der Waals surface area (Å²) in [6.45, 7) is -2.45. The summed E-state index contributed by atoms with van der Waals surface area (Å²) in [5, 5.41) is 0. The molecule has 0 saturated carbocycles. The predicted octanol–water partition coefficient (Wildman–Crippen LogP) is 0.993. The summed E-state index contributed by atoms with van der Waals surface area (Å²) >= 11 is 0. The van der Waals surface area contributed by atoms with Crippen LogP contribution in [0.5, 0.6) is 0 Å². The van der Waals surface area contributed by atoms with E-state index in [1.54, 1.807) is 0 Å². The molecule has 2 nitrogen and oxygen atoms in total. The van der Waals surface area contributed by atoms with E-state index in [1.807, 2.05) is 0 Å². The van der Waals surface area contributed by atoms with Crippen molar-refractivity contribution in [3.63, 3.8) is 0 Å². The molecule has 0 heterocycles. The zero-order chi connectivity index (χ0) is 5.70. The maximum absolute atomic E-state index is 10.8. The second kappa shape index (κ2) is 3.95. The van der Waals surface area contributed by atoms with Gasteiger partial charge in [0.2, 0.25) is 0 Å². The van der Waals surface area contributed by atoms with Crippen molar-refractivity contribution >= 4 is 0 Å². The summed E-state index contributed by atoms with van der Waals surface area (Å²) in [4.78, 5) is 0. The van der Waals surface area contributed by atoms with E-state index in [0.29, 0.717) is 0 Å². The molecule has 7 heavy (non-hydrogen) atoms. The van der Waals surface area contributed by atoms with Crippen LogP contribution in [0.2, 0.25) is 0 Å². The minimum absolute atomic E-state index is 0.387. The van der Waals surface area contributed by atoms with E-state index in [0.717, 1.165) is 0 Å². The van der Waals surface area contributed by atoms with Gasteiger partial charge in [0.1, 0.15) is 0 Å². The molecule has 0 aliphatic carbocycles. The van der Waals surface area contributed by atoms with Gasteiger partial charge in [-0.2, -0.15) is 8.78 Å². The zero-order valence-electron chi connectivity index (χ0n) is 3.78. The van der Waals surface area contributed by atoms with Crippen LogP contribution >= 0.6 is 0 Å². The molecule has 0 spiro atoms. The molecule has 43 valence electrons. The fourth-order valence-electron chi connectivity index (χ4n) is 0.103. The molecule has 0 fully saturated rings. The van der Waals surface area contributed by atoms with Gasteiger partial charge in [0.15, 0.2) is 6.79 Å². The van der Waals surface area contributed by atoms with Crippen molar-refractivity contribution in [3.05, 3.63) is 6.61 Å². The molecule has 0 aromatic rings. The molecule has 0 atom stereocenters. The number of halogens is 2. The highest BCUT2D eigenvalue weighted by Crippen LogP contribution is 2.02. The van der Waals surface area contributed by atoms with Gasteiger partial charge in [0.05, 0.1) is 0 Å². The van der Waals surface area contributed by atoms with Crippen molar-refractivity contribution in [2.45, 2.75) is 0 Å². The van der Waals surface area contributed by atoms with Crippen LogP contribution < -0.4 is 0 Å². The van der Waals surface area contributed by atoms with E-state index in [-0.39, 0.29) is 6.79 Å². The molecular formula is C3H5F2O2. The van der Waals surface area contributed by atoms with E-state index in [9.17, 15) is 8.78 Å². The Labute approximate surface area is 40.0 Å². The van der Waals surface area contributed by atoms with Crippen molar-refractivity contribution in [3.8, 4) is 0 Å². The first-order chi connectivity index (χ1) is 3.27. The van der Waals surface area contributed by atoms with E-state index >= 15 is 0 Å². The number of hydrogen-bond donors (Lipinski definition) is 0. The van der Waals surface area contributed by atoms with Crippen molar-refractivity contribution in [1.82, 2.24) is 0 Å². The van der Waals surface area contributed by atoms with E-state index < -0.39 is 6.61 Å². The SMILES string of the molecule is COCO[C](F)F. The van der Waals surface area contributed by atoms with Crippen LogP contribution in [0.4, 0.5) is 8.78 Å². The van der Waals surface area contributed by atoms with Gasteiger partial charge in [-0.1, -0.05) is 0 Å². The minimum Gasteiger partial charge on any atom is -0.358 e. The van der Waals surface area contributed by atoms with Gasteiger partial charge in [0.25, 0.3) is 0 Å². The summed E-state index contributed by atoms with van der Waals surface area (Å²) < 4.78 is 29.4. The standard InChI is InChI=1S/C3H5F2O2/c1-6-2-7-3(4)5/h2H2,1H3. The zero-order valence-corrected chi connectivity index (χ0v) is 3.78. The largest absolute Gasteiger partial charge is 0.450 e. The highest BCUT2D eigenvalue weighted by molar-refractivity contribution is 4.30. The van der Waals surface area contributed by atoms with Crippen LogP contribution in [0.15, 0.2) is 0 Å². The van der Waals surface area contributed by atoms with Crippen molar-refractivity contribution < 1.29 is 18.3 Å². The van der Waals surface area contributed by atoms with Gasteiger partial charge < -0.3 is 4.74 Å². The lowest BCUT2D eigenvalue weighted by Crippen LogP contribution is -1.94. The lowest BCUT2D eigenvalue weighted by atomic mass is 11.3. The average Bonchev–Trinajstić information content (AvgIpc) is 1.61. The van der Waals surface area contributed by atoms with Gasteiger partial charge in [-0.3, -0.25) is 4.74 Å². The fraction of sp³-hybridized carbons (Fsp3) is 0.667. The summed E-state index contributed by atoms with van der Waals surface area (Å²) in [5.41, 5.74) is 0. The fourth-order valence-corrected chi connectivity index (χ4v) is 0.103. The molecular weight excluding hydrogens is 106 g/mol. The smallest absolute Gasteiger partial charge is 0.358 e. The van der Waals surface area contributed by atoms with Crippen LogP contribution in [-0.2, 0) is 9.47 Å². The van der Waals surface area contributed by atoms with Crippen LogP contribution in [0, 0.1) is 6.61 Å². The second-order valence-corrected chi connectivity index (χ2v) is 0.777. The van der Waals surface area contributed by atoms with Crippen LogP contribution in [0.1, 0.15) is 0 Å². The van der Waals surface area contributed by atoms with E-state index in [4.69, 9.17) is 0 Å². The Balaban J connectivity index is 2.68. The number of hydrogen-bond acceptors (Lipinski definition) is 2. The van der Waals surface area contributed by atoms with Gasteiger partial charge in [-0.25, -0.2) is 0 Å². The Morgan fingerprint density at radius 1 is 1.57 bits per heavy atom. The molecule has 1 radical (unpaired) electrons. The quantitative estimate of drug-likeness (QED) is 0.505. The van der Waals surface area contributed by atoms with Crippen molar-refractivity contribution in [2.75, 3.05) is 13.9 Å². The Bertz CT molecular complexity index is 39.9. The molecule has 0 bridgehead atoms. The first-order valence-corrected chi connectivity index (χ1v) is 1.57. The Morgan fingerprint density at radius 2 is 2.14 bits per heavy atom. The number of rotatable bonds is 3. The predicted molar refractivity (Wildman–Crippen MR) is 18.4 cm³/mol. The van der Waals surface area contributed by atoms with Gasteiger partial charge in [0, 0.05) is 7.11 Å². The van der Waals surface area contributed by atoms with E-state index in [2.05, 4.69) is 9.47 Å². The Kier molecular flexibility index (Phi) is 3.83. The molecule has 0 aromatic heterocycles. The molecule has 4 heteroatoms. The Hall–Kier alpha value is -0.220. The van der Waals surface area contributed by atoms with Gasteiger partial charge in [-0.15, -0.1) is 0 Å². The highest BCUT2D eigenvalue weighted by Gasteiger charge is 2.02. The first kappa shape index (κ1) is 6.78. The molecule has 0 rings (SSSR count). The second-order valence-electron chi connectivity index (χ2n) is 0.777. The molecule has 0 unspecified atom stereocenters. The average molecular weight is 111 g/mol. The number of methoxy groups -OCH3 is 1. The molecule has 0 amide bonds. The van der Waals surface area contributed by atoms with Crippen molar-refractivity contribution in [1.29, 1.82) is 0 Å². The lowest BCUT2D eigenvalue weighted by Gasteiger charge is -1.94. The van der Waals surface area contributed by atoms with Gasteiger partial charge in [-0.05, 0) is 0 Å². The molecule has 0 aromatic carbocycles. The third-order valence-electron chi connectivity index (χ3n) is 0.286. The molecule has 0 aliphatic rings. The third-order valence-corrected chi connectivity index (χ3v) is 0.286. The summed E-state index contributed by atoms with van der Waals surface area (Å²) in [7, 11) is 1.27. The first-order valence-electron chi connectivity index (χ1n) is 1.57. The molecule has 0 aliphatic heterocycles. The topological polar surface area (TPSA) is 18.5 Å². The van der Waals surface area contributed by atoms with Gasteiger partial charge >= 0.3 is 6.61 Å². The maximum atomic E-state index is 10.8. The monoisotopic (exact) mass is 111 g/mol. The summed E-state index contributed by atoms with van der Waals surface area (Å²) in [5.74, 6) is 0. The van der Waals surface area contributed by atoms with Crippen molar-refractivity contribution in [2.24, 2.45) is 0 Å². The van der Waals surface area contributed by atoms with E-state index in [1.165, 1.54) is 7.11 Å². The lowest BCUT2D eigenvalue weighted by molar-refractivity contribution is -0.103. The minimum atomic E-state index is -2.07.